The molecule has 5 heteroatoms. The molecule has 1 unspecified atom stereocenters. The van der Waals surface area contributed by atoms with Crippen LogP contribution in [0.4, 0.5) is 0 Å². The van der Waals surface area contributed by atoms with Crippen molar-refractivity contribution in [3.8, 4) is 5.88 Å². The summed E-state index contributed by atoms with van der Waals surface area (Å²) < 4.78 is 11.2. The van der Waals surface area contributed by atoms with Crippen molar-refractivity contribution in [1.82, 2.24) is 9.88 Å². The Bertz CT molecular complexity index is 582. The molecule has 1 amide bonds. The van der Waals surface area contributed by atoms with Crippen LogP contribution in [0.15, 0.2) is 18.3 Å². The predicted octanol–water partition coefficient (Wildman–Crippen LogP) is 4.36. The fourth-order valence-electron chi connectivity index (χ4n) is 4.85. The smallest absolute Gasteiger partial charge is 0.255 e. The molecule has 0 aromatic carbocycles. The maximum atomic E-state index is 13.4. The summed E-state index contributed by atoms with van der Waals surface area (Å²) >= 11 is 0. The van der Waals surface area contributed by atoms with Gasteiger partial charge in [0.15, 0.2) is 0 Å². The van der Waals surface area contributed by atoms with Crippen LogP contribution < -0.4 is 4.74 Å². The Morgan fingerprint density at radius 3 is 2.15 bits per heavy atom. The van der Waals surface area contributed by atoms with Gasteiger partial charge in [0, 0.05) is 30.8 Å². The van der Waals surface area contributed by atoms with Crippen LogP contribution in [0.2, 0.25) is 0 Å². The van der Waals surface area contributed by atoms with Gasteiger partial charge in [0.05, 0.1) is 18.8 Å². The van der Waals surface area contributed by atoms with Crippen LogP contribution in [0.5, 0.6) is 5.88 Å². The Balaban J connectivity index is 1.47. The van der Waals surface area contributed by atoms with Crippen LogP contribution in [0.3, 0.4) is 0 Å². The zero-order chi connectivity index (χ0) is 18.5. The minimum Gasteiger partial charge on any atom is -0.472 e. The lowest BCUT2D eigenvalue weighted by atomic mass is 9.88. The van der Waals surface area contributed by atoms with Gasteiger partial charge in [0.1, 0.15) is 6.10 Å². The van der Waals surface area contributed by atoms with Crippen LogP contribution in [-0.4, -0.2) is 47.2 Å². The quantitative estimate of drug-likeness (QED) is 0.771. The molecule has 3 aliphatic rings. The van der Waals surface area contributed by atoms with Crippen LogP contribution in [0.25, 0.3) is 0 Å². The summed E-state index contributed by atoms with van der Waals surface area (Å²) in [6.07, 6.45) is 14.9. The number of hydrogen-bond acceptors (Lipinski definition) is 4. The standard InChI is InChI=1S/C22H32N2O3/c25-22(17-11-12-21(23-15-17)27-20-13-14-26-16-20)24(18-7-3-1-4-8-18)19-9-5-2-6-10-19/h11-12,15,18-20H,1-10,13-14,16H2. The van der Waals surface area contributed by atoms with Gasteiger partial charge in [0.25, 0.3) is 5.91 Å². The first-order chi connectivity index (χ1) is 13.3. The summed E-state index contributed by atoms with van der Waals surface area (Å²) in [5.74, 6) is 0.751. The van der Waals surface area contributed by atoms with E-state index in [0.29, 0.717) is 30.1 Å². The molecule has 1 aliphatic heterocycles. The molecule has 148 valence electrons. The van der Waals surface area contributed by atoms with Gasteiger partial charge in [-0.25, -0.2) is 4.98 Å². The van der Waals surface area contributed by atoms with E-state index in [9.17, 15) is 4.79 Å². The first-order valence-electron chi connectivity index (χ1n) is 10.8. The number of carbonyl (C=O) groups excluding carboxylic acids is 1. The Hall–Kier alpha value is -1.62. The molecule has 1 aromatic heterocycles. The second-order valence-corrected chi connectivity index (χ2v) is 8.28. The van der Waals surface area contributed by atoms with E-state index in [0.717, 1.165) is 38.7 Å². The third-order valence-corrected chi connectivity index (χ3v) is 6.33. The van der Waals surface area contributed by atoms with Gasteiger partial charge in [-0.15, -0.1) is 0 Å². The topological polar surface area (TPSA) is 51.7 Å². The summed E-state index contributed by atoms with van der Waals surface area (Å²) in [5, 5.41) is 0. The van der Waals surface area contributed by atoms with E-state index in [1.54, 1.807) is 6.20 Å². The van der Waals surface area contributed by atoms with Gasteiger partial charge in [-0.3, -0.25) is 4.79 Å². The van der Waals surface area contributed by atoms with Crippen molar-refractivity contribution < 1.29 is 14.3 Å². The molecule has 2 saturated carbocycles. The fraction of sp³-hybridized carbons (Fsp3) is 0.727. The van der Waals surface area contributed by atoms with Crippen molar-refractivity contribution in [3.05, 3.63) is 23.9 Å². The maximum absolute atomic E-state index is 13.4. The van der Waals surface area contributed by atoms with E-state index < -0.39 is 0 Å². The third kappa shape index (κ3) is 4.63. The SMILES string of the molecule is O=C(c1ccc(OC2CCOC2)nc1)N(C1CCCCC1)C1CCCCC1. The Labute approximate surface area is 162 Å². The van der Waals surface area contributed by atoms with Crippen molar-refractivity contribution in [2.75, 3.05) is 13.2 Å². The maximum Gasteiger partial charge on any atom is 0.255 e. The zero-order valence-corrected chi connectivity index (χ0v) is 16.3. The molecule has 3 fully saturated rings. The number of ether oxygens (including phenoxy) is 2. The predicted molar refractivity (Wildman–Crippen MR) is 104 cm³/mol. The number of amides is 1. The average molecular weight is 373 g/mol. The molecule has 1 saturated heterocycles. The second kappa shape index (κ2) is 9.05. The minimum atomic E-state index is 0.0834. The minimum absolute atomic E-state index is 0.0834. The molecular weight excluding hydrogens is 340 g/mol. The average Bonchev–Trinajstić information content (AvgIpc) is 3.23. The molecule has 5 nitrogen and oxygen atoms in total. The van der Waals surface area contributed by atoms with Crippen LogP contribution in [0.1, 0.15) is 81.0 Å². The molecule has 0 bridgehead atoms. The highest BCUT2D eigenvalue weighted by Crippen LogP contribution is 2.31. The molecule has 0 spiro atoms. The summed E-state index contributed by atoms with van der Waals surface area (Å²) in [6.45, 7) is 1.37. The highest BCUT2D eigenvalue weighted by Gasteiger charge is 2.33. The number of rotatable bonds is 5. The van der Waals surface area contributed by atoms with Crippen molar-refractivity contribution in [2.45, 2.75) is 88.8 Å². The largest absolute Gasteiger partial charge is 0.472 e. The fourth-order valence-corrected chi connectivity index (χ4v) is 4.85. The molecule has 2 aliphatic carbocycles. The number of pyridine rings is 1. The van der Waals surface area contributed by atoms with Crippen molar-refractivity contribution >= 4 is 5.91 Å². The van der Waals surface area contributed by atoms with Gasteiger partial charge in [-0.2, -0.15) is 0 Å². The van der Waals surface area contributed by atoms with Crippen LogP contribution >= 0.6 is 0 Å². The van der Waals surface area contributed by atoms with Gasteiger partial charge >= 0.3 is 0 Å². The molecule has 0 N–H and O–H groups in total. The Morgan fingerprint density at radius 1 is 0.963 bits per heavy atom. The van der Waals surface area contributed by atoms with Gasteiger partial charge in [0.2, 0.25) is 5.88 Å². The second-order valence-electron chi connectivity index (χ2n) is 8.28. The van der Waals surface area contributed by atoms with Gasteiger partial charge in [-0.05, 0) is 31.7 Å². The lowest BCUT2D eigenvalue weighted by Crippen LogP contribution is -2.48. The molecular formula is C22H32N2O3. The van der Waals surface area contributed by atoms with Crippen molar-refractivity contribution in [1.29, 1.82) is 0 Å². The molecule has 4 rings (SSSR count). The van der Waals surface area contributed by atoms with E-state index in [1.165, 1.54) is 38.5 Å². The highest BCUT2D eigenvalue weighted by molar-refractivity contribution is 5.94. The van der Waals surface area contributed by atoms with Crippen LogP contribution in [0, 0.1) is 0 Å². The lowest BCUT2D eigenvalue weighted by Gasteiger charge is -2.41. The monoisotopic (exact) mass is 372 g/mol. The molecule has 2 heterocycles. The normalized spacial score (nSPS) is 24.7. The number of hydrogen-bond donors (Lipinski definition) is 0. The first-order valence-corrected chi connectivity index (χ1v) is 10.8. The van der Waals surface area contributed by atoms with Gasteiger partial charge in [-0.1, -0.05) is 38.5 Å². The van der Waals surface area contributed by atoms with E-state index in [-0.39, 0.29) is 12.0 Å². The van der Waals surface area contributed by atoms with E-state index in [1.807, 2.05) is 12.1 Å². The third-order valence-electron chi connectivity index (χ3n) is 6.33. The number of aromatic nitrogens is 1. The van der Waals surface area contributed by atoms with E-state index >= 15 is 0 Å². The molecule has 27 heavy (non-hydrogen) atoms. The van der Waals surface area contributed by atoms with E-state index in [4.69, 9.17) is 9.47 Å². The van der Waals surface area contributed by atoms with Crippen LogP contribution in [-0.2, 0) is 4.74 Å². The Kier molecular flexibility index (Phi) is 6.28. The first kappa shape index (κ1) is 18.7. The van der Waals surface area contributed by atoms with Gasteiger partial charge < -0.3 is 14.4 Å². The molecule has 1 atom stereocenters. The van der Waals surface area contributed by atoms with Crippen molar-refractivity contribution in [3.63, 3.8) is 0 Å². The summed E-state index contributed by atoms with van der Waals surface area (Å²) in [5.41, 5.74) is 0.696. The molecule has 0 radical (unpaired) electrons. The Morgan fingerprint density at radius 2 is 1.63 bits per heavy atom. The highest BCUT2D eigenvalue weighted by atomic mass is 16.5. The summed E-state index contributed by atoms with van der Waals surface area (Å²) in [6, 6.07) is 4.53. The number of nitrogens with zero attached hydrogens (tertiary/aromatic N) is 2. The van der Waals surface area contributed by atoms with Crippen molar-refractivity contribution in [2.24, 2.45) is 0 Å². The summed E-state index contributed by atoms with van der Waals surface area (Å²) in [4.78, 5) is 20.1. The number of carbonyl (C=O) groups is 1. The zero-order valence-electron chi connectivity index (χ0n) is 16.3. The molecule has 1 aromatic rings. The summed E-state index contributed by atoms with van der Waals surface area (Å²) in [7, 11) is 0. The lowest BCUT2D eigenvalue weighted by molar-refractivity contribution is 0.0448. The van der Waals surface area contributed by atoms with E-state index in [2.05, 4.69) is 9.88 Å².